The molecular formula is C30H59O7PSi. The highest BCUT2D eigenvalue weighted by atomic mass is 31.2. The second-order valence-electron chi connectivity index (χ2n) is 13.8. The van der Waals surface area contributed by atoms with E-state index in [9.17, 15) is 4.57 Å². The van der Waals surface area contributed by atoms with Crippen molar-refractivity contribution < 1.29 is 32.0 Å². The van der Waals surface area contributed by atoms with Crippen LogP contribution in [0.1, 0.15) is 94.4 Å². The number of phosphoric acid groups is 1. The molecule has 0 bridgehead atoms. The van der Waals surface area contributed by atoms with Crippen LogP contribution in [-0.4, -0.2) is 53.2 Å². The molecule has 39 heavy (non-hydrogen) atoms. The van der Waals surface area contributed by atoms with Crippen LogP contribution in [0.3, 0.4) is 0 Å². The lowest BCUT2D eigenvalue weighted by Crippen LogP contribution is -2.50. The minimum atomic E-state index is -3.73. The summed E-state index contributed by atoms with van der Waals surface area (Å²) < 4.78 is 49.0. The molecule has 0 aromatic heterocycles. The summed E-state index contributed by atoms with van der Waals surface area (Å²) in [6.07, 6.45) is 9.56. The summed E-state index contributed by atoms with van der Waals surface area (Å²) in [6.45, 7) is 24.7. The second kappa shape index (κ2) is 13.9. The molecule has 0 saturated heterocycles. The molecule has 230 valence electrons. The fraction of sp³-hybridized carbons (Fsp3) is 0.933. The van der Waals surface area contributed by atoms with Gasteiger partial charge in [0, 0.05) is 13.2 Å². The Morgan fingerprint density at radius 2 is 1.67 bits per heavy atom. The molecule has 0 aromatic carbocycles. The summed E-state index contributed by atoms with van der Waals surface area (Å²) in [6, 6.07) is 0. The van der Waals surface area contributed by atoms with Crippen molar-refractivity contribution in [3.05, 3.63) is 12.2 Å². The van der Waals surface area contributed by atoms with Gasteiger partial charge < -0.3 is 13.9 Å². The first-order valence-electron chi connectivity index (χ1n) is 15.0. The van der Waals surface area contributed by atoms with Crippen LogP contribution >= 0.6 is 7.82 Å². The van der Waals surface area contributed by atoms with E-state index in [4.69, 9.17) is 27.5 Å². The SMILES string of the molecule is CCOP(=O)(OCC)O[C@@H](/C=C/C(C)(C)OCOC)[C@@H](C)[C@H]1CC[C@H]2[C@@H](O[Si](C)(C)C(C)(C)C)CCC[C@]12C. The molecule has 2 rings (SSSR count). The minimum Gasteiger partial charge on any atom is -0.414 e. The summed E-state index contributed by atoms with van der Waals surface area (Å²) >= 11 is 0. The number of phosphoric ester groups is 1. The van der Waals surface area contributed by atoms with Gasteiger partial charge in [0.1, 0.15) is 6.79 Å². The van der Waals surface area contributed by atoms with Crippen LogP contribution in [0, 0.1) is 23.2 Å². The first-order chi connectivity index (χ1) is 18.0. The minimum absolute atomic E-state index is 0.0929. The van der Waals surface area contributed by atoms with Gasteiger partial charge in [-0.25, -0.2) is 4.57 Å². The zero-order chi connectivity index (χ0) is 29.7. The molecule has 6 atom stereocenters. The van der Waals surface area contributed by atoms with Crippen molar-refractivity contribution in [2.24, 2.45) is 23.2 Å². The molecule has 0 aromatic rings. The maximum atomic E-state index is 13.5. The van der Waals surface area contributed by atoms with Gasteiger partial charge in [-0.3, -0.25) is 13.6 Å². The standard InChI is InChI=1S/C30H59O7PSi/c1-13-34-38(31,35-14-2)36-26(19-21-29(7,8)33-22-32-10)23(3)24-17-18-25-27(16-15-20-30(24,25)9)37-39(11,12)28(4,5)6/h19,21,23-27H,13-18,20,22H2,1-12H3/b21-19+/t23-,24+,25-,26-,27-,30+/m0/s1. The topological polar surface area (TPSA) is 72.5 Å². The summed E-state index contributed by atoms with van der Waals surface area (Å²) in [7, 11) is -4.00. The molecule has 2 saturated carbocycles. The Balaban J connectivity index is 2.37. The molecule has 0 amide bonds. The van der Waals surface area contributed by atoms with Gasteiger partial charge in [-0.2, -0.15) is 0 Å². The highest BCUT2D eigenvalue weighted by Crippen LogP contribution is 2.61. The van der Waals surface area contributed by atoms with Gasteiger partial charge in [0.25, 0.3) is 0 Å². The van der Waals surface area contributed by atoms with Gasteiger partial charge in [-0.05, 0) is 94.7 Å². The maximum Gasteiger partial charge on any atom is 0.475 e. The molecule has 0 aliphatic heterocycles. The summed E-state index contributed by atoms with van der Waals surface area (Å²) in [5, 5.41) is 0.188. The lowest BCUT2D eigenvalue weighted by molar-refractivity contribution is -0.0924. The predicted molar refractivity (Wildman–Crippen MR) is 161 cm³/mol. The molecule has 9 heteroatoms. The Labute approximate surface area is 240 Å². The lowest BCUT2D eigenvalue weighted by atomic mass is 9.61. The molecule has 0 N–H and O–H groups in total. The van der Waals surface area contributed by atoms with E-state index in [1.54, 1.807) is 21.0 Å². The van der Waals surface area contributed by atoms with Gasteiger partial charge in [-0.1, -0.05) is 53.2 Å². The second-order valence-corrected chi connectivity index (χ2v) is 20.2. The van der Waals surface area contributed by atoms with Crippen molar-refractivity contribution in [3.63, 3.8) is 0 Å². The fourth-order valence-electron chi connectivity index (χ4n) is 6.40. The smallest absolute Gasteiger partial charge is 0.414 e. The molecule has 7 nitrogen and oxygen atoms in total. The van der Waals surface area contributed by atoms with Crippen molar-refractivity contribution in [1.29, 1.82) is 0 Å². The van der Waals surface area contributed by atoms with Crippen molar-refractivity contribution in [3.8, 4) is 0 Å². The number of hydrogen-bond acceptors (Lipinski definition) is 7. The summed E-state index contributed by atoms with van der Waals surface area (Å²) in [4.78, 5) is 0. The largest absolute Gasteiger partial charge is 0.475 e. The molecule has 0 unspecified atom stereocenters. The number of methoxy groups -OCH3 is 1. The molecular weight excluding hydrogens is 531 g/mol. The average Bonchev–Trinajstić information content (AvgIpc) is 3.17. The van der Waals surface area contributed by atoms with Crippen LogP contribution < -0.4 is 0 Å². The van der Waals surface area contributed by atoms with E-state index in [1.165, 1.54) is 12.8 Å². The van der Waals surface area contributed by atoms with E-state index in [-0.39, 0.29) is 36.4 Å². The highest BCUT2D eigenvalue weighted by molar-refractivity contribution is 7.48. The first kappa shape index (κ1) is 35.1. The Morgan fingerprint density at radius 3 is 2.21 bits per heavy atom. The van der Waals surface area contributed by atoms with Crippen LogP contribution in [0.2, 0.25) is 18.1 Å². The Hall–Kier alpha value is -0.0531. The Kier molecular flexibility index (Phi) is 12.6. The van der Waals surface area contributed by atoms with Gasteiger partial charge in [-0.15, -0.1) is 0 Å². The predicted octanol–water partition coefficient (Wildman–Crippen LogP) is 8.75. The van der Waals surface area contributed by atoms with Gasteiger partial charge in [0.2, 0.25) is 0 Å². The summed E-state index contributed by atoms with van der Waals surface area (Å²) in [5.41, 5.74) is -0.447. The molecule has 2 fully saturated rings. The third-order valence-electron chi connectivity index (χ3n) is 9.60. The monoisotopic (exact) mass is 590 g/mol. The van der Waals surface area contributed by atoms with Crippen LogP contribution in [0.25, 0.3) is 0 Å². The van der Waals surface area contributed by atoms with Crippen molar-refractivity contribution >= 4 is 16.1 Å². The van der Waals surface area contributed by atoms with Crippen LogP contribution in [0.4, 0.5) is 0 Å². The van der Waals surface area contributed by atoms with E-state index in [2.05, 4.69) is 47.7 Å². The van der Waals surface area contributed by atoms with Crippen molar-refractivity contribution in [1.82, 2.24) is 0 Å². The Morgan fingerprint density at radius 1 is 1.05 bits per heavy atom. The molecule has 0 heterocycles. The van der Waals surface area contributed by atoms with E-state index >= 15 is 0 Å². The molecule has 2 aliphatic carbocycles. The van der Waals surface area contributed by atoms with Crippen molar-refractivity contribution in [2.75, 3.05) is 27.1 Å². The quantitative estimate of drug-likeness (QED) is 0.0817. The van der Waals surface area contributed by atoms with E-state index < -0.39 is 27.8 Å². The molecule has 0 radical (unpaired) electrons. The van der Waals surface area contributed by atoms with Crippen molar-refractivity contribution in [2.45, 2.75) is 130 Å². The maximum absolute atomic E-state index is 13.5. The van der Waals surface area contributed by atoms with Gasteiger partial charge in [0.05, 0.1) is 24.9 Å². The third-order valence-corrected chi connectivity index (χ3v) is 15.8. The number of ether oxygens (including phenoxy) is 2. The lowest BCUT2D eigenvalue weighted by Gasteiger charge is -2.50. The molecule has 0 spiro atoms. The van der Waals surface area contributed by atoms with Crippen LogP contribution in [0.5, 0.6) is 0 Å². The van der Waals surface area contributed by atoms with Gasteiger partial charge in [0.15, 0.2) is 8.32 Å². The third kappa shape index (κ3) is 8.97. The van der Waals surface area contributed by atoms with Crippen LogP contribution in [0.15, 0.2) is 12.2 Å². The average molecular weight is 591 g/mol. The number of rotatable bonds is 15. The van der Waals surface area contributed by atoms with Gasteiger partial charge >= 0.3 is 7.82 Å². The van der Waals surface area contributed by atoms with E-state index in [1.807, 2.05) is 26.0 Å². The first-order valence-corrected chi connectivity index (χ1v) is 19.4. The number of fused-ring (bicyclic) bond motifs is 1. The van der Waals surface area contributed by atoms with Crippen LogP contribution in [-0.2, 0) is 32.0 Å². The summed E-state index contributed by atoms with van der Waals surface area (Å²) in [5.74, 6) is 1.00. The van der Waals surface area contributed by atoms with E-state index in [0.29, 0.717) is 17.9 Å². The fourth-order valence-corrected chi connectivity index (χ4v) is 9.19. The van der Waals surface area contributed by atoms with E-state index in [0.717, 1.165) is 19.3 Å². The zero-order valence-corrected chi connectivity index (χ0v) is 28.9. The number of hydrogen-bond donors (Lipinski definition) is 0. The highest BCUT2D eigenvalue weighted by Gasteiger charge is 2.55. The Bertz CT molecular complexity index is 830. The zero-order valence-electron chi connectivity index (χ0n) is 27.0. The molecule has 2 aliphatic rings. The normalized spacial score (nSPS) is 28.6.